The van der Waals surface area contributed by atoms with Gasteiger partial charge >= 0.3 is 0 Å². The number of carbonyl (C=O) groups excluding carboxylic acids is 1. The van der Waals surface area contributed by atoms with Gasteiger partial charge in [-0.15, -0.1) is 0 Å². The Morgan fingerprint density at radius 3 is 1.94 bits per heavy atom. The van der Waals surface area contributed by atoms with Crippen molar-refractivity contribution in [2.45, 2.75) is 83.7 Å². The topological polar surface area (TPSA) is 63.3 Å². The van der Waals surface area contributed by atoms with E-state index in [0.29, 0.717) is 6.42 Å². The zero-order valence-electron chi connectivity index (χ0n) is 11.3. The molecule has 0 fully saturated rings. The van der Waals surface area contributed by atoms with Crippen molar-refractivity contribution in [3.05, 3.63) is 0 Å². The molecule has 102 valence electrons. The van der Waals surface area contributed by atoms with E-state index in [1.807, 2.05) is 0 Å². The highest BCUT2D eigenvalue weighted by molar-refractivity contribution is 5.74. The lowest BCUT2D eigenvalue weighted by Gasteiger charge is -2.07. The van der Waals surface area contributed by atoms with E-state index < -0.39 is 12.0 Å². The molecule has 3 heteroatoms. The second kappa shape index (κ2) is 11.9. The summed E-state index contributed by atoms with van der Waals surface area (Å²) in [4.78, 5) is 10.5. The van der Waals surface area contributed by atoms with E-state index in [-0.39, 0.29) is 6.42 Å². The second-order valence-electron chi connectivity index (χ2n) is 4.94. The van der Waals surface area contributed by atoms with Crippen LogP contribution >= 0.6 is 0 Å². The standard InChI is InChI=1S/C14H29NO2/c1-2-3-4-5-6-7-8-9-10-11-13(16)12-14(15)17/h13,16H,2-12H2,1H3,(H2,15,17)/t13-/m1/s1. The van der Waals surface area contributed by atoms with Gasteiger partial charge < -0.3 is 10.8 Å². The van der Waals surface area contributed by atoms with Crippen LogP contribution in [0.4, 0.5) is 0 Å². The van der Waals surface area contributed by atoms with Gasteiger partial charge in [0, 0.05) is 0 Å². The largest absolute Gasteiger partial charge is 0.393 e. The van der Waals surface area contributed by atoms with Crippen LogP contribution in [0.15, 0.2) is 0 Å². The Labute approximate surface area is 106 Å². The Kier molecular flexibility index (Phi) is 11.5. The van der Waals surface area contributed by atoms with Crippen LogP contribution in [0, 0.1) is 0 Å². The third-order valence-corrected chi connectivity index (χ3v) is 3.08. The molecule has 0 aromatic heterocycles. The molecule has 1 amide bonds. The first kappa shape index (κ1) is 16.4. The molecule has 0 saturated heterocycles. The predicted molar refractivity (Wildman–Crippen MR) is 71.7 cm³/mol. The number of hydrogen-bond acceptors (Lipinski definition) is 2. The molecule has 0 aromatic rings. The van der Waals surface area contributed by atoms with E-state index in [4.69, 9.17) is 5.73 Å². The summed E-state index contributed by atoms with van der Waals surface area (Å²) < 4.78 is 0. The van der Waals surface area contributed by atoms with Gasteiger partial charge in [0.15, 0.2) is 0 Å². The van der Waals surface area contributed by atoms with Crippen LogP contribution in [0.25, 0.3) is 0 Å². The van der Waals surface area contributed by atoms with E-state index in [9.17, 15) is 9.90 Å². The van der Waals surface area contributed by atoms with E-state index in [2.05, 4.69) is 6.92 Å². The molecule has 17 heavy (non-hydrogen) atoms. The molecule has 3 N–H and O–H groups in total. The molecule has 0 unspecified atom stereocenters. The van der Waals surface area contributed by atoms with Crippen LogP contribution in [-0.2, 0) is 4.79 Å². The number of aliphatic hydroxyl groups is 1. The van der Waals surface area contributed by atoms with Crippen molar-refractivity contribution < 1.29 is 9.90 Å². The summed E-state index contributed by atoms with van der Waals surface area (Å²) in [6, 6.07) is 0. The Balaban J connectivity index is 3.10. The van der Waals surface area contributed by atoms with Crippen molar-refractivity contribution >= 4 is 5.91 Å². The van der Waals surface area contributed by atoms with Gasteiger partial charge in [-0.1, -0.05) is 64.7 Å². The van der Waals surface area contributed by atoms with Crippen LogP contribution < -0.4 is 5.73 Å². The Bertz CT molecular complexity index is 183. The minimum Gasteiger partial charge on any atom is -0.393 e. The van der Waals surface area contributed by atoms with Gasteiger partial charge in [0.25, 0.3) is 0 Å². The van der Waals surface area contributed by atoms with Crippen molar-refractivity contribution in [3.8, 4) is 0 Å². The fourth-order valence-electron chi connectivity index (χ4n) is 2.02. The highest BCUT2D eigenvalue weighted by atomic mass is 16.3. The summed E-state index contributed by atoms with van der Waals surface area (Å²) in [5.41, 5.74) is 5.00. The van der Waals surface area contributed by atoms with Crippen LogP contribution in [0.3, 0.4) is 0 Å². The molecule has 0 aromatic carbocycles. The predicted octanol–water partition coefficient (Wildman–Crippen LogP) is 3.14. The molecule has 0 bridgehead atoms. The Morgan fingerprint density at radius 2 is 1.47 bits per heavy atom. The molecule has 0 saturated carbocycles. The molecule has 0 rings (SSSR count). The molecular formula is C14H29NO2. The van der Waals surface area contributed by atoms with Crippen molar-refractivity contribution in [1.29, 1.82) is 0 Å². The minimum atomic E-state index is -0.531. The van der Waals surface area contributed by atoms with Gasteiger partial charge in [0.05, 0.1) is 12.5 Å². The van der Waals surface area contributed by atoms with Crippen LogP contribution in [0.5, 0.6) is 0 Å². The van der Waals surface area contributed by atoms with Gasteiger partial charge in [-0.3, -0.25) is 4.79 Å². The maximum Gasteiger partial charge on any atom is 0.220 e. The molecular weight excluding hydrogens is 214 g/mol. The summed E-state index contributed by atoms with van der Waals surface area (Å²) in [5.74, 6) is -0.409. The van der Waals surface area contributed by atoms with E-state index >= 15 is 0 Å². The van der Waals surface area contributed by atoms with Crippen LogP contribution in [-0.4, -0.2) is 17.1 Å². The third kappa shape index (κ3) is 13.4. The van der Waals surface area contributed by atoms with Crippen molar-refractivity contribution in [2.75, 3.05) is 0 Å². The fraction of sp³-hybridized carbons (Fsp3) is 0.929. The van der Waals surface area contributed by atoms with Gasteiger partial charge in [-0.05, 0) is 6.42 Å². The van der Waals surface area contributed by atoms with Gasteiger partial charge in [0.2, 0.25) is 5.91 Å². The number of unbranched alkanes of at least 4 members (excludes halogenated alkanes) is 8. The monoisotopic (exact) mass is 243 g/mol. The smallest absolute Gasteiger partial charge is 0.220 e. The lowest BCUT2D eigenvalue weighted by atomic mass is 10.0. The SMILES string of the molecule is CCCCCCCCCCC[C@@H](O)CC(N)=O. The Hall–Kier alpha value is -0.570. The fourth-order valence-corrected chi connectivity index (χ4v) is 2.02. The average molecular weight is 243 g/mol. The quantitative estimate of drug-likeness (QED) is 0.517. The number of amides is 1. The van der Waals surface area contributed by atoms with Crippen molar-refractivity contribution in [2.24, 2.45) is 5.73 Å². The first-order valence-electron chi connectivity index (χ1n) is 7.13. The van der Waals surface area contributed by atoms with Gasteiger partial charge in [0.1, 0.15) is 0 Å². The molecule has 0 aliphatic heterocycles. The third-order valence-electron chi connectivity index (χ3n) is 3.08. The molecule has 3 nitrogen and oxygen atoms in total. The summed E-state index contributed by atoms with van der Waals surface area (Å²) in [5, 5.41) is 9.42. The zero-order chi connectivity index (χ0) is 12.9. The van der Waals surface area contributed by atoms with Gasteiger partial charge in [-0.2, -0.15) is 0 Å². The number of hydrogen-bond donors (Lipinski definition) is 2. The normalized spacial score (nSPS) is 12.6. The van der Waals surface area contributed by atoms with Crippen LogP contribution in [0.1, 0.15) is 77.6 Å². The zero-order valence-corrected chi connectivity index (χ0v) is 11.3. The molecule has 0 aliphatic carbocycles. The summed E-state index contributed by atoms with van der Waals surface area (Å²) in [7, 11) is 0. The molecule has 0 aliphatic rings. The molecule has 0 radical (unpaired) electrons. The number of rotatable bonds is 12. The number of nitrogens with two attached hydrogens (primary N) is 1. The Morgan fingerprint density at radius 1 is 1.00 bits per heavy atom. The molecule has 0 heterocycles. The lowest BCUT2D eigenvalue weighted by Crippen LogP contribution is -2.19. The summed E-state index contributed by atoms with van der Waals surface area (Å²) in [6.45, 7) is 2.23. The number of carbonyl (C=O) groups is 1. The van der Waals surface area contributed by atoms with Crippen LogP contribution in [0.2, 0.25) is 0 Å². The number of primary amides is 1. The van der Waals surface area contributed by atoms with E-state index in [1.54, 1.807) is 0 Å². The van der Waals surface area contributed by atoms with Crippen molar-refractivity contribution in [3.63, 3.8) is 0 Å². The second-order valence-corrected chi connectivity index (χ2v) is 4.94. The average Bonchev–Trinajstić information content (AvgIpc) is 2.26. The summed E-state index contributed by atoms with van der Waals surface area (Å²) >= 11 is 0. The highest BCUT2D eigenvalue weighted by Gasteiger charge is 2.06. The maximum atomic E-state index is 10.5. The van der Waals surface area contributed by atoms with E-state index in [1.165, 1.54) is 44.9 Å². The maximum absolute atomic E-state index is 10.5. The lowest BCUT2D eigenvalue weighted by molar-refractivity contribution is -0.119. The van der Waals surface area contributed by atoms with E-state index in [0.717, 1.165) is 12.8 Å². The first-order chi connectivity index (χ1) is 8.16. The number of aliphatic hydroxyl groups excluding tert-OH is 1. The molecule has 0 spiro atoms. The minimum absolute atomic E-state index is 0.108. The first-order valence-corrected chi connectivity index (χ1v) is 7.13. The molecule has 1 atom stereocenters. The summed E-state index contributed by atoms with van der Waals surface area (Å²) in [6.07, 6.45) is 11.7. The highest BCUT2D eigenvalue weighted by Crippen LogP contribution is 2.12. The van der Waals surface area contributed by atoms with Gasteiger partial charge in [-0.25, -0.2) is 0 Å². The van der Waals surface area contributed by atoms with Crippen molar-refractivity contribution in [1.82, 2.24) is 0 Å².